The van der Waals surface area contributed by atoms with Crippen molar-refractivity contribution in [1.29, 1.82) is 0 Å². The van der Waals surface area contributed by atoms with Gasteiger partial charge in [-0.2, -0.15) is 0 Å². The highest BCUT2D eigenvalue weighted by atomic mass is 35.5. The number of rotatable bonds is 6. The molecule has 1 heterocycles. The fourth-order valence-electron chi connectivity index (χ4n) is 3.51. The molecule has 0 spiro atoms. The Hall–Kier alpha value is -2.86. The minimum Gasteiger partial charge on any atom is -0.369 e. The second-order valence-corrected chi connectivity index (χ2v) is 9.04. The van der Waals surface area contributed by atoms with Gasteiger partial charge in [0.2, 0.25) is 5.91 Å². The second kappa shape index (κ2) is 9.10. The molecule has 0 aliphatic carbocycles. The van der Waals surface area contributed by atoms with E-state index in [-0.39, 0.29) is 30.2 Å². The van der Waals surface area contributed by atoms with E-state index in [2.05, 4.69) is 10.3 Å². The summed E-state index contributed by atoms with van der Waals surface area (Å²) in [5, 5.41) is 3.56. The van der Waals surface area contributed by atoms with Crippen LogP contribution >= 0.6 is 11.6 Å². The van der Waals surface area contributed by atoms with Crippen LogP contribution in [0.15, 0.2) is 47.5 Å². The summed E-state index contributed by atoms with van der Waals surface area (Å²) in [7, 11) is 0. The van der Waals surface area contributed by atoms with Crippen molar-refractivity contribution >= 4 is 29.4 Å². The highest BCUT2D eigenvalue weighted by molar-refractivity contribution is 6.30. The Kier molecular flexibility index (Phi) is 6.70. The van der Waals surface area contributed by atoms with Crippen LogP contribution in [0.5, 0.6) is 0 Å². The Morgan fingerprint density at radius 3 is 2.65 bits per heavy atom. The Morgan fingerprint density at radius 1 is 1.26 bits per heavy atom. The van der Waals surface area contributed by atoms with E-state index in [0.717, 1.165) is 16.7 Å². The molecule has 2 amide bonds. The highest BCUT2D eigenvalue weighted by Gasteiger charge is 2.38. The number of benzene rings is 2. The molecule has 6 nitrogen and oxygen atoms in total. The molecule has 0 radical (unpaired) electrons. The van der Waals surface area contributed by atoms with Crippen molar-refractivity contribution in [2.45, 2.75) is 52.7 Å². The van der Waals surface area contributed by atoms with Gasteiger partial charge in [-0.1, -0.05) is 49.7 Å². The molecule has 0 saturated heterocycles. The zero-order valence-corrected chi connectivity index (χ0v) is 19.2. The molecule has 1 atom stereocenters. The summed E-state index contributed by atoms with van der Waals surface area (Å²) in [5.41, 5.74) is 8.81. The molecule has 0 aromatic heterocycles. The third-order valence-electron chi connectivity index (χ3n) is 5.93. The minimum absolute atomic E-state index is 0.0590. The summed E-state index contributed by atoms with van der Waals surface area (Å²) in [5.74, 6) is 0.181. The number of carbonyl (C=O) groups excluding carboxylic acids is 2. The van der Waals surface area contributed by atoms with Gasteiger partial charge in [0.15, 0.2) is 5.96 Å². The lowest BCUT2D eigenvalue weighted by atomic mass is 9.84. The molecule has 31 heavy (non-hydrogen) atoms. The van der Waals surface area contributed by atoms with Gasteiger partial charge in [-0.05, 0) is 54.7 Å². The third-order valence-corrected chi connectivity index (χ3v) is 6.16. The fraction of sp³-hybridized carbons (Fsp3) is 0.375. The molecule has 3 N–H and O–H groups in total. The monoisotopic (exact) mass is 440 g/mol. The first-order chi connectivity index (χ1) is 14.6. The zero-order chi connectivity index (χ0) is 22.8. The number of nitrogens with zero attached hydrogens (tertiary/aromatic N) is 2. The molecule has 0 bridgehead atoms. The number of hydrogen-bond acceptors (Lipinski definition) is 4. The topological polar surface area (TPSA) is 87.8 Å². The van der Waals surface area contributed by atoms with Gasteiger partial charge in [-0.25, -0.2) is 4.99 Å². The second-order valence-electron chi connectivity index (χ2n) is 8.60. The van der Waals surface area contributed by atoms with Crippen LogP contribution in [0.4, 0.5) is 0 Å². The van der Waals surface area contributed by atoms with E-state index in [1.54, 1.807) is 12.1 Å². The molecule has 0 fully saturated rings. The Balaban J connectivity index is 1.75. The molecule has 0 saturated carbocycles. The number of nitrogens with two attached hydrogens (primary N) is 1. The summed E-state index contributed by atoms with van der Waals surface area (Å²) in [6, 6.07) is 13.0. The first kappa shape index (κ1) is 22.8. The van der Waals surface area contributed by atoms with Crippen LogP contribution in [0.3, 0.4) is 0 Å². The summed E-state index contributed by atoms with van der Waals surface area (Å²) in [4.78, 5) is 31.6. The van der Waals surface area contributed by atoms with E-state index in [0.29, 0.717) is 23.6 Å². The number of amides is 2. The summed E-state index contributed by atoms with van der Waals surface area (Å²) in [6.07, 6.45) is 0.310. The normalized spacial score (nSPS) is 18.8. The van der Waals surface area contributed by atoms with Crippen molar-refractivity contribution in [1.82, 2.24) is 10.2 Å². The van der Waals surface area contributed by atoms with Gasteiger partial charge in [0.25, 0.3) is 5.91 Å². The van der Waals surface area contributed by atoms with Gasteiger partial charge in [0.1, 0.15) is 0 Å². The molecule has 1 unspecified atom stereocenters. The van der Waals surface area contributed by atoms with Crippen molar-refractivity contribution in [3.8, 4) is 0 Å². The standard InChI is InChI=1S/C24H29ClN4O2/c1-15(2)24(4)12-21(30)29(23(26)28-24)14-18-9-8-16(3)20(11-18)22(31)27-13-17-6-5-7-19(25)10-17/h5-11,15H,12-14H2,1-4H3,(H2,26,28)(H,27,31). The quantitative estimate of drug-likeness (QED) is 0.710. The average Bonchev–Trinajstić information content (AvgIpc) is 2.70. The van der Waals surface area contributed by atoms with E-state index in [9.17, 15) is 9.59 Å². The van der Waals surface area contributed by atoms with E-state index < -0.39 is 5.54 Å². The molecule has 3 rings (SSSR count). The predicted octanol–water partition coefficient (Wildman–Crippen LogP) is 4.04. The van der Waals surface area contributed by atoms with Crippen LogP contribution < -0.4 is 11.1 Å². The maximum absolute atomic E-state index is 12.8. The van der Waals surface area contributed by atoms with Gasteiger partial charge in [-0.15, -0.1) is 0 Å². The van der Waals surface area contributed by atoms with Crippen LogP contribution in [0, 0.1) is 12.8 Å². The maximum Gasteiger partial charge on any atom is 0.251 e. The van der Waals surface area contributed by atoms with Crippen molar-refractivity contribution in [3.05, 3.63) is 69.7 Å². The lowest BCUT2D eigenvalue weighted by Crippen LogP contribution is -2.51. The molecule has 164 valence electrons. The number of halogens is 1. The van der Waals surface area contributed by atoms with Crippen molar-refractivity contribution in [2.24, 2.45) is 16.6 Å². The first-order valence-electron chi connectivity index (χ1n) is 10.4. The van der Waals surface area contributed by atoms with Crippen LogP contribution in [0.1, 0.15) is 54.2 Å². The Morgan fingerprint density at radius 2 is 2.00 bits per heavy atom. The molecular formula is C24H29ClN4O2. The smallest absolute Gasteiger partial charge is 0.251 e. The van der Waals surface area contributed by atoms with Crippen LogP contribution in [-0.4, -0.2) is 28.2 Å². The van der Waals surface area contributed by atoms with E-state index in [4.69, 9.17) is 17.3 Å². The number of carbonyl (C=O) groups is 2. The lowest BCUT2D eigenvalue weighted by molar-refractivity contribution is -0.130. The third kappa shape index (κ3) is 5.25. The number of nitrogens with one attached hydrogen (secondary N) is 1. The zero-order valence-electron chi connectivity index (χ0n) is 18.4. The van der Waals surface area contributed by atoms with E-state index >= 15 is 0 Å². The Bertz CT molecular complexity index is 1030. The summed E-state index contributed by atoms with van der Waals surface area (Å²) >= 11 is 6.01. The van der Waals surface area contributed by atoms with Gasteiger partial charge in [0, 0.05) is 17.1 Å². The molecule has 1 aliphatic rings. The molecule has 2 aromatic carbocycles. The molecule has 1 aliphatic heterocycles. The van der Waals surface area contributed by atoms with E-state index in [1.165, 1.54) is 4.90 Å². The lowest BCUT2D eigenvalue weighted by Gasteiger charge is -2.37. The van der Waals surface area contributed by atoms with Crippen molar-refractivity contribution in [2.75, 3.05) is 0 Å². The highest BCUT2D eigenvalue weighted by Crippen LogP contribution is 2.30. The molecular weight excluding hydrogens is 412 g/mol. The van der Waals surface area contributed by atoms with E-state index in [1.807, 2.05) is 58.0 Å². The first-order valence-corrected chi connectivity index (χ1v) is 10.7. The maximum atomic E-state index is 12.8. The molecule has 7 heteroatoms. The summed E-state index contributed by atoms with van der Waals surface area (Å²) < 4.78 is 0. The number of aliphatic imine (C=N–C) groups is 1. The van der Waals surface area contributed by atoms with Gasteiger partial charge in [0.05, 0.1) is 18.5 Å². The van der Waals surface area contributed by atoms with Crippen molar-refractivity contribution < 1.29 is 9.59 Å². The summed E-state index contributed by atoms with van der Waals surface area (Å²) in [6.45, 7) is 8.56. The largest absolute Gasteiger partial charge is 0.369 e. The SMILES string of the molecule is Cc1ccc(CN2C(=O)CC(C)(C(C)C)N=C2N)cc1C(=O)NCc1cccc(Cl)c1. The number of aryl methyl sites for hydroxylation is 1. The average molecular weight is 441 g/mol. The van der Waals surface area contributed by atoms with Gasteiger partial charge in [-0.3, -0.25) is 14.5 Å². The van der Waals surface area contributed by atoms with Crippen LogP contribution in [0.25, 0.3) is 0 Å². The fourth-order valence-corrected chi connectivity index (χ4v) is 3.73. The molecule has 2 aromatic rings. The number of hydrogen-bond donors (Lipinski definition) is 2. The van der Waals surface area contributed by atoms with Gasteiger partial charge < -0.3 is 11.1 Å². The minimum atomic E-state index is -0.490. The van der Waals surface area contributed by atoms with Gasteiger partial charge >= 0.3 is 0 Å². The Labute approximate surface area is 188 Å². The predicted molar refractivity (Wildman–Crippen MR) is 124 cm³/mol. The number of guanidine groups is 1. The van der Waals surface area contributed by atoms with Crippen LogP contribution in [-0.2, 0) is 17.9 Å². The van der Waals surface area contributed by atoms with Crippen molar-refractivity contribution in [3.63, 3.8) is 0 Å². The van der Waals surface area contributed by atoms with Crippen LogP contribution in [0.2, 0.25) is 5.02 Å².